The zero-order chi connectivity index (χ0) is 16.3. The molecule has 0 aliphatic rings. The summed E-state index contributed by atoms with van der Waals surface area (Å²) in [7, 11) is 0. The Morgan fingerprint density at radius 3 is 2.64 bits per heavy atom. The first-order chi connectivity index (χ1) is 10.4. The topological polar surface area (TPSA) is 92.2 Å². The summed E-state index contributed by atoms with van der Waals surface area (Å²) in [5, 5.41) is 14.6. The quantitative estimate of drug-likeness (QED) is 0.883. The number of amides is 1. The van der Waals surface area contributed by atoms with Crippen LogP contribution < -0.4 is 5.32 Å². The largest absolute Gasteiger partial charge is 0.478 e. The molecule has 0 aliphatic carbocycles. The first kappa shape index (κ1) is 16.1. The van der Waals surface area contributed by atoms with E-state index in [1.807, 2.05) is 19.2 Å². The van der Waals surface area contributed by atoms with E-state index in [1.165, 1.54) is 23.5 Å². The predicted octanol–water partition coefficient (Wildman–Crippen LogP) is 2.60. The number of hydrogen-bond donors (Lipinski definition) is 2. The van der Waals surface area contributed by atoms with Crippen molar-refractivity contribution in [3.8, 4) is 0 Å². The molecule has 0 bridgehead atoms. The van der Waals surface area contributed by atoms with E-state index in [9.17, 15) is 9.59 Å². The van der Waals surface area contributed by atoms with Crippen LogP contribution in [0.3, 0.4) is 0 Å². The van der Waals surface area contributed by atoms with Crippen LogP contribution in [0.2, 0.25) is 0 Å². The van der Waals surface area contributed by atoms with Crippen molar-refractivity contribution in [1.29, 1.82) is 0 Å². The molecule has 2 aromatic heterocycles. The highest BCUT2D eigenvalue weighted by molar-refractivity contribution is 7.09. The Kier molecular flexibility index (Phi) is 4.56. The average Bonchev–Trinajstić information content (AvgIpc) is 3.01. The zero-order valence-corrected chi connectivity index (χ0v) is 13.4. The van der Waals surface area contributed by atoms with Crippen LogP contribution >= 0.6 is 11.3 Å². The Morgan fingerprint density at radius 1 is 1.41 bits per heavy atom. The smallest absolute Gasteiger partial charge is 0.337 e. The number of carboxylic acids is 1. The molecule has 0 aliphatic heterocycles. The summed E-state index contributed by atoms with van der Waals surface area (Å²) in [6, 6.07) is 2.82. The van der Waals surface area contributed by atoms with Crippen molar-refractivity contribution in [3.63, 3.8) is 0 Å². The minimum Gasteiger partial charge on any atom is -0.478 e. The molecule has 6 nitrogen and oxygen atoms in total. The second kappa shape index (κ2) is 6.23. The molecular weight excluding hydrogens is 302 g/mol. The molecule has 2 N–H and O–H groups in total. The number of carboxylic acid groups (broad SMARTS) is 1. The molecule has 1 amide bonds. The van der Waals surface area contributed by atoms with Crippen molar-refractivity contribution < 1.29 is 14.7 Å². The maximum atomic E-state index is 12.4. The summed E-state index contributed by atoms with van der Waals surface area (Å²) >= 11 is 1.48. The van der Waals surface area contributed by atoms with Crippen molar-refractivity contribution in [2.45, 2.75) is 32.7 Å². The monoisotopic (exact) mass is 319 g/mol. The summed E-state index contributed by atoms with van der Waals surface area (Å²) in [6.45, 7) is 5.44. The normalized spacial score (nSPS) is 13.4. The van der Waals surface area contributed by atoms with Gasteiger partial charge in [0.05, 0.1) is 16.8 Å². The van der Waals surface area contributed by atoms with Gasteiger partial charge in [-0.05, 0) is 32.4 Å². The van der Waals surface area contributed by atoms with E-state index < -0.39 is 11.5 Å². The maximum absolute atomic E-state index is 12.4. The van der Waals surface area contributed by atoms with Gasteiger partial charge in [0, 0.05) is 11.6 Å². The number of pyridine rings is 1. The number of hydrogen-bond acceptors (Lipinski definition) is 5. The van der Waals surface area contributed by atoms with E-state index in [-0.39, 0.29) is 17.2 Å². The van der Waals surface area contributed by atoms with Crippen LogP contribution in [0.25, 0.3) is 0 Å². The maximum Gasteiger partial charge on any atom is 0.337 e. The Balaban J connectivity index is 2.25. The van der Waals surface area contributed by atoms with Gasteiger partial charge in [-0.1, -0.05) is 6.92 Å². The standard InChI is InChI=1S/C15H17N3O3S/c1-4-15(3,14-16-7-8-22-14)18-12(19)11-6-5-10(13(20)21)9(2)17-11/h5-8H,4H2,1-3H3,(H,18,19)(H,20,21). The van der Waals surface area contributed by atoms with Gasteiger partial charge in [-0.2, -0.15) is 0 Å². The third-order valence-corrected chi connectivity index (χ3v) is 4.59. The molecule has 116 valence electrons. The third kappa shape index (κ3) is 3.14. The molecule has 22 heavy (non-hydrogen) atoms. The van der Waals surface area contributed by atoms with Crippen LogP contribution in [0.4, 0.5) is 0 Å². The van der Waals surface area contributed by atoms with Crippen LogP contribution in [0.1, 0.15) is 51.8 Å². The molecule has 2 heterocycles. The van der Waals surface area contributed by atoms with Crippen molar-refractivity contribution in [2.75, 3.05) is 0 Å². The lowest BCUT2D eigenvalue weighted by atomic mass is 9.99. The summed E-state index contributed by atoms with van der Waals surface area (Å²) in [5.74, 6) is -1.40. The van der Waals surface area contributed by atoms with Gasteiger partial charge in [0.15, 0.2) is 0 Å². The summed E-state index contributed by atoms with van der Waals surface area (Å²) in [5.41, 5.74) is 0.0211. The highest BCUT2D eigenvalue weighted by Gasteiger charge is 2.30. The predicted molar refractivity (Wildman–Crippen MR) is 83.2 cm³/mol. The van der Waals surface area contributed by atoms with E-state index in [0.717, 1.165) is 5.01 Å². The van der Waals surface area contributed by atoms with Gasteiger partial charge in [0.25, 0.3) is 5.91 Å². The van der Waals surface area contributed by atoms with Gasteiger partial charge in [-0.15, -0.1) is 11.3 Å². The third-order valence-electron chi connectivity index (χ3n) is 3.55. The van der Waals surface area contributed by atoms with Crippen molar-refractivity contribution in [3.05, 3.63) is 45.7 Å². The lowest BCUT2D eigenvalue weighted by Gasteiger charge is -2.27. The van der Waals surface area contributed by atoms with E-state index in [1.54, 1.807) is 13.1 Å². The summed E-state index contributed by atoms with van der Waals surface area (Å²) in [6.07, 6.45) is 2.38. The van der Waals surface area contributed by atoms with Crippen LogP contribution in [0, 0.1) is 6.92 Å². The summed E-state index contributed by atoms with van der Waals surface area (Å²) in [4.78, 5) is 31.7. The molecule has 0 aromatic carbocycles. The molecule has 1 unspecified atom stereocenters. The van der Waals surface area contributed by atoms with E-state index in [4.69, 9.17) is 5.11 Å². The van der Waals surface area contributed by atoms with Crippen LogP contribution in [0.15, 0.2) is 23.7 Å². The number of aryl methyl sites for hydroxylation is 1. The van der Waals surface area contributed by atoms with Crippen LogP contribution in [-0.2, 0) is 5.54 Å². The molecule has 2 aromatic rings. The van der Waals surface area contributed by atoms with Gasteiger partial charge in [0.2, 0.25) is 0 Å². The average molecular weight is 319 g/mol. The van der Waals surface area contributed by atoms with Gasteiger partial charge in [0.1, 0.15) is 10.7 Å². The molecule has 2 rings (SSSR count). The molecule has 1 atom stereocenters. The Hall–Kier alpha value is -2.28. The lowest BCUT2D eigenvalue weighted by molar-refractivity contribution is 0.0694. The van der Waals surface area contributed by atoms with E-state index in [0.29, 0.717) is 12.1 Å². The Labute approximate surface area is 132 Å². The van der Waals surface area contributed by atoms with Gasteiger partial charge < -0.3 is 10.4 Å². The fourth-order valence-corrected chi connectivity index (χ4v) is 2.85. The number of aromatic nitrogens is 2. The minimum absolute atomic E-state index is 0.0923. The number of aromatic carboxylic acids is 1. The summed E-state index contributed by atoms with van der Waals surface area (Å²) < 4.78 is 0. The second-order valence-electron chi connectivity index (χ2n) is 5.11. The lowest BCUT2D eigenvalue weighted by Crippen LogP contribution is -2.43. The molecule has 0 radical (unpaired) electrons. The Bertz CT molecular complexity index is 700. The first-order valence-electron chi connectivity index (χ1n) is 6.81. The van der Waals surface area contributed by atoms with Gasteiger partial charge in [-0.25, -0.2) is 14.8 Å². The second-order valence-corrected chi connectivity index (χ2v) is 6.01. The SMILES string of the molecule is CCC(C)(NC(=O)c1ccc(C(=O)O)c(C)n1)c1nccs1. The highest BCUT2D eigenvalue weighted by Crippen LogP contribution is 2.26. The highest BCUT2D eigenvalue weighted by atomic mass is 32.1. The molecule has 0 saturated carbocycles. The molecule has 7 heteroatoms. The number of carbonyl (C=O) groups is 2. The minimum atomic E-state index is -1.06. The number of carbonyl (C=O) groups excluding carboxylic acids is 1. The van der Waals surface area contributed by atoms with E-state index in [2.05, 4.69) is 15.3 Å². The number of nitrogens with zero attached hydrogens (tertiary/aromatic N) is 2. The van der Waals surface area contributed by atoms with Crippen molar-refractivity contribution >= 4 is 23.2 Å². The number of rotatable bonds is 5. The molecule has 0 spiro atoms. The molecule has 0 saturated heterocycles. The number of thiazole rings is 1. The van der Waals surface area contributed by atoms with Gasteiger partial charge in [-0.3, -0.25) is 4.79 Å². The van der Waals surface area contributed by atoms with Crippen molar-refractivity contribution in [2.24, 2.45) is 0 Å². The molecule has 0 fully saturated rings. The van der Waals surface area contributed by atoms with Crippen molar-refractivity contribution in [1.82, 2.24) is 15.3 Å². The fraction of sp³-hybridized carbons (Fsp3) is 0.333. The Morgan fingerprint density at radius 2 is 2.14 bits per heavy atom. The van der Waals surface area contributed by atoms with E-state index >= 15 is 0 Å². The molecular formula is C15H17N3O3S. The van der Waals surface area contributed by atoms with Crippen LogP contribution in [-0.4, -0.2) is 27.0 Å². The fourth-order valence-electron chi connectivity index (χ4n) is 2.02. The first-order valence-corrected chi connectivity index (χ1v) is 7.69. The van der Waals surface area contributed by atoms with Crippen LogP contribution in [0.5, 0.6) is 0 Å². The zero-order valence-electron chi connectivity index (χ0n) is 12.6. The number of nitrogens with one attached hydrogen (secondary N) is 1. The van der Waals surface area contributed by atoms with Gasteiger partial charge >= 0.3 is 5.97 Å².